The molecule has 0 aliphatic carbocycles. The summed E-state index contributed by atoms with van der Waals surface area (Å²) in [6, 6.07) is 13.9. The Balaban J connectivity index is 1.87. The number of hydrogen-bond donors (Lipinski definition) is 3. The highest BCUT2D eigenvalue weighted by molar-refractivity contribution is 6.06. The van der Waals surface area contributed by atoms with Crippen molar-refractivity contribution in [1.29, 1.82) is 5.41 Å². The molecule has 0 unspecified atom stereocenters. The lowest BCUT2D eigenvalue weighted by Crippen LogP contribution is -2.33. The maximum Gasteiger partial charge on any atom is 0.270 e. The first-order chi connectivity index (χ1) is 16.6. The monoisotopic (exact) mass is 479 g/mol. The summed E-state index contributed by atoms with van der Waals surface area (Å²) in [6.45, 7) is 9.34. The smallest absolute Gasteiger partial charge is 0.270 e. The Bertz CT molecular complexity index is 1130. The van der Waals surface area contributed by atoms with Crippen molar-refractivity contribution in [2.45, 2.75) is 39.2 Å². The number of nitrogens with two attached hydrogens (primary N) is 1. The molecule has 0 aromatic heterocycles. The number of benzene rings is 2. The van der Waals surface area contributed by atoms with E-state index in [4.69, 9.17) is 11.1 Å². The molecule has 0 saturated carbocycles. The molecule has 0 fully saturated rings. The minimum atomic E-state index is -2.95. The number of nitrogens with one attached hydrogen (secondary N) is 2. The van der Waals surface area contributed by atoms with Gasteiger partial charge in [-0.05, 0) is 61.2 Å². The Kier molecular flexibility index (Phi) is 8.46. The Morgan fingerprint density at radius 2 is 1.89 bits per heavy atom. The van der Waals surface area contributed by atoms with Crippen LogP contribution in [0.15, 0.2) is 84.5 Å². The molecule has 1 aliphatic heterocycles. The molecule has 0 spiro atoms. The maximum absolute atomic E-state index is 13.7. The molecule has 186 valence electrons. The fraction of sp³-hybridized carbons (Fsp3) is 0.321. The van der Waals surface area contributed by atoms with E-state index in [1.165, 1.54) is 12.1 Å². The van der Waals surface area contributed by atoms with Crippen LogP contribution in [0.2, 0.25) is 0 Å². The summed E-state index contributed by atoms with van der Waals surface area (Å²) in [5, 5.41) is 11.9. The van der Waals surface area contributed by atoms with Gasteiger partial charge in [0.1, 0.15) is 5.82 Å². The van der Waals surface area contributed by atoms with Gasteiger partial charge in [0, 0.05) is 50.6 Å². The minimum absolute atomic E-state index is 0.0983. The SMILES string of the molecule is C=C(Nc1cccc(CN)c1)N1CCCCN(C)C(/C=C\C(=N)c2cccc(C(C)(F)F)c2)=C1C. The fourth-order valence-corrected chi connectivity index (χ4v) is 4.14. The number of rotatable bonds is 8. The number of halogens is 2. The molecule has 1 aliphatic rings. The first-order valence-corrected chi connectivity index (χ1v) is 11.8. The van der Waals surface area contributed by atoms with Crippen LogP contribution in [0.3, 0.4) is 0 Å². The average molecular weight is 480 g/mol. The van der Waals surface area contributed by atoms with Crippen molar-refractivity contribution in [2.24, 2.45) is 5.73 Å². The van der Waals surface area contributed by atoms with E-state index in [-0.39, 0.29) is 11.3 Å². The molecule has 0 radical (unpaired) electrons. The third-order valence-electron chi connectivity index (χ3n) is 6.18. The second-order valence-electron chi connectivity index (χ2n) is 8.94. The van der Waals surface area contributed by atoms with Crippen LogP contribution >= 0.6 is 0 Å². The van der Waals surface area contributed by atoms with E-state index in [0.717, 1.165) is 61.3 Å². The lowest BCUT2D eigenvalue weighted by Gasteiger charge is -2.35. The molecule has 2 aromatic rings. The zero-order valence-corrected chi connectivity index (χ0v) is 20.7. The van der Waals surface area contributed by atoms with Crippen LogP contribution in [0.25, 0.3) is 0 Å². The van der Waals surface area contributed by atoms with E-state index in [9.17, 15) is 8.78 Å². The molecule has 0 amide bonds. The van der Waals surface area contributed by atoms with Crippen molar-refractivity contribution in [1.82, 2.24) is 9.80 Å². The Morgan fingerprint density at radius 1 is 1.17 bits per heavy atom. The van der Waals surface area contributed by atoms with Crippen LogP contribution in [-0.2, 0) is 12.5 Å². The Hall–Kier alpha value is -3.45. The van der Waals surface area contributed by atoms with Gasteiger partial charge in [-0.2, -0.15) is 0 Å². The molecule has 0 saturated heterocycles. The van der Waals surface area contributed by atoms with E-state index in [1.54, 1.807) is 18.2 Å². The fourth-order valence-electron chi connectivity index (χ4n) is 4.14. The number of allylic oxidation sites excluding steroid dienone is 3. The lowest BCUT2D eigenvalue weighted by atomic mass is 10.0. The summed E-state index contributed by atoms with van der Waals surface area (Å²) in [5.74, 6) is -2.19. The van der Waals surface area contributed by atoms with Gasteiger partial charge >= 0.3 is 0 Å². The summed E-state index contributed by atoms with van der Waals surface area (Å²) < 4.78 is 27.5. The highest BCUT2D eigenvalue weighted by Crippen LogP contribution is 2.28. The van der Waals surface area contributed by atoms with Gasteiger partial charge in [0.15, 0.2) is 0 Å². The molecular weight excluding hydrogens is 444 g/mol. The zero-order chi connectivity index (χ0) is 25.6. The molecule has 5 nitrogen and oxygen atoms in total. The number of nitrogens with zero attached hydrogens (tertiary/aromatic N) is 2. The van der Waals surface area contributed by atoms with Gasteiger partial charge in [-0.25, -0.2) is 8.78 Å². The maximum atomic E-state index is 13.7. The quantitative estimate of drug-likeness (QED) is 0.405. The number of hydrogen-bond acceptors (Lipinski definition) is 5. The van der Waals surface area contributed by atoms with Crippen LogP contribution in [0, 0.1) is 5.41 Å². The van der Waals surface area contributed by atoms with Crippen LogP contribution < -0.4 is 11.1 Å². The molecule has 4 N–H and O–H groups in total. The molecule has 7 heteroatoms. The zero-order valence-electron chi connectivity index (χ0n) is 20.7. The summed E-state index contributed by atoms with van der Waals surface area (Å²) in [6.07, 6.45) is 5.58. The number of anilines is 1. The molecule has 0 atom stereocenters. The first-order valence-electron chi connectivity index (χ1n) is 11.8. The summed E-state index contributed by atoms with van der Waals surface area (Å²) in [4.78, 5) is 4.30. The van der Waals surface area contributed by atoms with E-state index in [1.807, 2.05) is 44.3 Å². The van der Waals surface area contributed by atoms with Gasteiger partial charge in [-0.15, -0.1) is 0 Å². The van der Waals surface area contributed by atoms with Gasteiger partial charge in [0.25, 0.3) is 5.92 Å². The van der Waals surface area contributed by atoms with Crippen molar-refractivity contribution in [2.75, 3.05) is 25.5 Å². The lowest BCUT2D eigenvalue weighted by molar-refractivity contribution is 0.0174. The summed E-state index contributed by atoms with van der Waals surface area (Å²) in [5.41, 5.74) is 10.2. The van der Waals surface area contributed by atoms with Crippen LogP contribution in [0.1, 0.15) is 43.4 Å². The standard InChI is InChI=1S/C28H35F2N5/c1-20-27(14-13-26(32)23-10-8-11-24(18-23)28(3,29)30)34(4)15-5-6-16-35(20)21(2)33-25-12-7-9-22(17-25)19-31/h7-14,17-18,32-33H,2,5-6,15-16,19,31H2,1,3-4H3/b14-13-,27-20?,32-26?. The van der Waals surface area contributed by atoms with E-state index < -0.39 is 5.92 Å². The second-order valence-corrected chi connectivity index (χ2v) is 8.94. The van der Waals surface area contributed by atoms with Crippen LogP contribution in [0.5, 0.6) is 0 Å². The first kappa shape index (κ1) is 26.2. The Morgan fingerprint density at radius 3 is 2.60 bits per heavy atom. The van der Waals surface area contributed by atoms with E-state index in [0.29, 0.717) is 12.1 Å². The minimum Gasteiger partial charge on any atom is -0.373 e. The molecule has 0 bridgehead atoms. The summed E-state index contributed by atoms with van der Waals surface area (Å²) >= 11 is 0. The van der Waals surface area contributed by atoms with Crippen molar-refractivity contribution in [3.05, 3.63) is 101 Å². The molecule has 2 aromatic carbocycles. The van der Waals surface area contributed by atoms with Crippen molar-refractivity contribution < 1.29 is 8.78 Å². The molecular formula is C28H35F2N5. The van der Waals surface area contributed by atoms with Crippen molar-refractivity contribution in [3.8, 4) is 0 Å². The summed E-state index contributed by atoms with van der Waals surface area (Å²) in [7, 11) is 2.02. The van der Waals surface area contributed by atoms with Crippen molar-refractivity contribution in [3.63, 3.8) is 0 Å². The molecule has 3 rings (SSSR count). The number of likely N-dealkylation sites (N-methyl/N-ethyl adjacent to an activating group) is 1. The molecule has 35 heavy (non-hydrogen) atoms. The normalized spacial score (nSPS) is 15.3. The average Bonchev–Trinajstić information content (AvgIpc) is 2.82. The largest absolute Gasteiger partial charge is 0.373 e. The third-order valence-corrected chi connectivity index (χ3v) is 6.18. The van der Waals surface area contributed by atoms with Crippen LogP contribution in [-0.4, -0.2) is 35.6 Å². The number of alkyl halides is 2. The van der Waals surface area contributed by atoms with Gasteiger partial charge in [0.2, 0.25) is 0 Å². The predicted octanol–water partition coefficient (Wildman–Crippen LogP) is 6.02. The highest BCUT2D eigenvalue weighted by Gasteiger charge is 2.24. The van der Waals surface area contributed by atoms with Crippen molar-refractivity contribution >= 4 is 11.4 Å². The van der Waals surface area contributed by atoms with Gasteiger partial charge in [0.05, 0.1) is 11.4 Å². The van der Waals surface area contributed by atoms with Gasteiger partial charge < -0.3 is 26.3 Å². The van der Waals surface area contributed by atoms with Gasteiger partial charge in [-0.3, -0.25) is 0 Å². The van der Waals surface area contributed by atoms with E-state index >= 15 is 0 Å². The Labute approximate surface area is 207 Å². The highest BCUT2D eigenvalue weighted by atomic mass is 19.3. The van der Waals surface area contributed by atoms with Gasteiger partial charge in [-0.1, -0.05) is 36.9 Å². The second kappa shape index (κ2) is 11.3. The predicted molar refractivity (Wildman–Crippen MR) is 140 cm³/mol. The van der Waals surface area contributed by atoms with Crippen LogP contribution in [0.4, 0.5) is 14.5 Å². The molecule has 1 heterocycles. The van der Waals surface area contributed by atoms with E-state index in [2.05, 4.69) is 21.7 Å². The third kappa shape index (κ3) is 6.79. The topological polar surface area (TPSA) is 68.4 Å².